The fraction of sp³-hybridized carbons (Fsp3) is 0.286. The maximum absolute atomic E-state index is 11.4. The Morgan fingerprint density at radius 2 is 1.81 bits per heavy atom. The number of aromatic carboxylic acids is 1. The van der Waals surface area contributed by atoms with E-state index in [4.69, 9.17) is 15.2 Å². The van der Waals surface area contributed by atoms with Crippen LogP contribution in [-0.4, -0.2) is 36.8 Å². The number of nitrogens with two attached hydrogens (primary N) is 1. The summed E-state index contributed by atoms with van der Waals surface area (Å²) in [7, 11) is 3.25. The summed E-state index contributed by atoms with van der Waals surface area (Å²) in [5, 5.41) is 10.3. The van der Waals surface area contributed by atoms with Crippen molar-refractivity contribution < 1.29 is 19.4 Å². The molecule has 0 spiro atoms. The van der Waals surface area contributed by atoms with Gasteiger partial charge in [0.25, 0.3) is 0 Å². The number of methoxy groups -OCH3 is 2. The molecular weight excluding hydrogens is 344 g/mol. The van der Waals surface area contributed by atoms with Crippen molar-refractivity contribution in [3.63, 3.8) is 0 Å². The molecule has 6 nitrogen and oxygen atoms in total. The number of nitrogens with one attached hydrogen (secondary N) is 1. The Morgan fingerprint density at radius 1 is 1.11 bits per heavy atom. The minimum absolute atomic E-state index is 0.264. The molecule has 0 unspecified atom stereocenters. The van der Waals surface area contributed by atoms with Crippen LogP contribution in [0.25, 0.3) is 22.2 Å². The number of benzene rings is 2. The standard InChI is InChI=1S/C21H24N2O4/c1-26-17-7-5-8-18(27-2)19(17)20-14(6-3-4-11-22)15-12-13(21(24)25)9-10-16(15)23-20/h5,7-10,12,23H,3-4,6,11,22H2,1-2H3,(H,24,25). The molecule has 0 aliphatic rings. The second kappa shape index (κ2) is 8.14. The third kappa shape index (κ3) is 3.61. The number of carboxylic acid groups (broad SMARTS) is 1. The largest absolute Gasteiger partial charge is 0.496 e. The van der Waals surface area contributed by atoms with Gasteiger partial charge in [-0.3, -0.25) is 0 Å². The highest BCUT2D eigenvalue weighted by atomic mass is 16.5. The van der Waals surface area contributed by atoms with Crippen LogP contribution in [0.1, 0.15) is 28.8 Å². The van der Waals surface area contributed by atoms with Crippen LogP contribution in [0.3, 0.4) is 0 Å². The number of carbonyl (C=O) groups is 1. The molecule has 142 valence electrons. The highest BCUT2D eigenvalue weighted by Gasteiger charge is 2.21. The van der Waals surface area contributed by atoms with Gasteiger partial charge in [-0.15, -0.1) is 0 Å². The fourth-order valence-corrected chi connectivity index (χ4v) is 3.40. The van der Waals surface area contributed by atoms with E-state index in [-0.39, 0.29) is 5.56 Å². The highest BCUT2D eigenvalue weighted by molar-refractivity contribution is 5.98. The van der Waals surface area contributed by atoms with Gasteiger partial charge in [-0.05, 0) is 61.7 Å². The molecule has 27 heavy (non-hydrogen) atoms. The highest BCUT2D eigenvalue weighted by Crippen LogP contribution is 2.42. The van der Waals surface area contributed by atoms with Gasteiger partial charge in [-0.2, -0.15) is 0 Å². The van der Waals surface area contributed by atoms with Crippen LogP contribution < -0.4 is 15.2 Å². The molecule has 0 radical (unpaired) electrons. The van der Waals surface area contributed by atoms with Crippen LogP contribution in [0.15, 0.2) is 36.4 Å². The van der Waals surface area contributed by atoms with Gasteiger partial charge >= 0.3 is 5.97 Å². The van der Waals surface area contributed by atoms with Crippen molar-refractivity contribution in [2.24, 2.45) is 5.73 Å². The predicted molar refractivity (Wildman–Crippen MR) is 106 cm³/mol. The summed E-state index contributed by atoms with van der Waals surface area (Å²) in [5.41, 5.74) is 9.57. The average molecular weight is 368 g/mol. The number of fused-ring (bicyclic) bond motifs is 1. The Balaban J connectivity index is 2.26. The molecule has 0 fully saturated rings. The summed E-state index contributed by atoms with van der Waals surface area (Å²) in [6, 6.07) is 10.8. The summed E-state index contributed by atoms with van der Waals surface area (Å²) in [5.74, 6) is 0.446. The second-order valence-electron chi connectivity index (χ2n) is 6.33. The predicted octanol–water partition coefficient (Wildman–Crippen LogP) is 3.83. The molecule has 3 rings (SSSR count). The lowest BCUT2D eigenvalue weighted by Crippen LogP contribution is -2.00. The first kappa shape index (κ1) is 18.8. The van der Waals surface area contributed by atoms with Crippen molar-refractivity contribution in [1.29, 1.82) is 0 Å². The molecule has 3 aromatic rings. The van der Waals surface area contributed by atoms with Crippen LogP contribution in [-0.2, 0) is 6.42 Å². The van der Waals surface area contributed by atoms with E-state index in [1.165, 1.54) is 0 Å². The lowest BCUT2D eigenvalue weighted by Gasteiger charge is -2.14. The van der Waals surface area contributed by atoms with E-state index in [0.717, 1.165) is 47.0 Å². The van der Waals surface area contributed by atoms with E-state index in [9.17, 15) is 9.90 Å². The van der Waals surface area contributed by atoms with E-state index in [2.05, 4.69) is 4.98 Å². The molecule has 0 amide bonds. The van der Waals surface area contributed by atoms with E-state index < -0.39 is 5.97 Å². The van der Waals surface area contributed by atoms with E-state index in [1.54, 1.807) is 32.4 Å². The SMILES string of the molecule is COc1cccc(OC)c1-c1[nH]c2ccc(C(=O)O)cc2c1CCCCN. The molecule has 0 saturated heterocycles. The van der Waals surface area contributed by atoms with Crippen molar-refractivity contribution in [2.45, 2.75) is 19.3 Å². The molecule has 0 bridgehead atoms. The second-order valence-corrected chi connectivity index (χ2v) is 6.33. The van der Waals surface area contributed by atoms with Gasteiger partial charge in [0.15, 0.2) is 0 Å². The first-order chi connectivity index (χ1) is 13.1. The normalized spacial score (nSPS) is 10.9. The summed E-state index contributed by atoms with van der Waals surface area (Å²) in [6.07, 6.45) is 2.58. The minimum Gasteiger partial charge on any atom is -0.496 e. The number of aromatic nitrogens is 1. The number of H-pyrrole nitrogens is 1. The molecule has 0 saturated carbocycles. The summed E-state index contributed by atoms with van der Waals surface area (Å²) < 4.78 is 11.1. The van der Waals surface area contributed by atoms with Gasteiger partial charge in [0.05, 0.1) is 31.0 Å². The molecule has 0 aliphatic carbocycles. The van der Waals surface area contributed by atoms with Crippen LogP contribution >= 0.6 is 0 Å². The zero-order chi connectivity index (χ0) is 19.4. The lowest BCUT2D eigenvalue weighted by atomic mass is 9.98. The number of rotatable bonds is 8. The smallest absolute Gasteiger partial charge is 0.335 e. The van der Waals surface area contributed by atoms with Crippen LogP contribution in [0, 0.1) is 0 Å². The Hall–Kier alpha value is -2.99. The average Bonchev–Trinajstić information content (AvgIpc) is 3.04. The van der Waals surface area contributed by atoms with Crippen molar-refractivity contribution in [3.05, 3.63) is 47.5 Å². The quantitative estimate of drug-likeness (QED) is 0.525. The maximum Gasteiger partial charge on any atom is 0.335 e. The van der Waals surface area contributed by atoms with Gasteiger partial charge in [0, 0.05) is 10.9 Å². The minimum atomic E-state index is -0.942. The first-order valence-corrected chi connectivity index (χ1v) is 8.90. The molecule has 1 aromatic heterocycles. The third-order valence-electron chi connectivity index (χ3n) is 4.71. The van der Waals surface area contributed by atoms with Crippen LogP contribution in [0.5, 0.6) is 11.5 Å². The van der Waals surface area contributed by atoms with Gasteiger partial charge in [0.2, 0.25) is 0 Å². The number of hydrogen-bond donors (Lipinski definition) is 3. The zero-order valence-corrected chi connectivity index (χ0v) is 15.5. The summed E-state index contributed by atoms with van der Waals surface area (Å²) in [4.78, 5) is 14.9. The van der Waals surface area contributed by atoms with E-state index >= 15 is 0 Å². The van der Waals surface area contributed by atoms with Gasteiger partial charge < -0.3 is 25.3 Å². The van der Waals surface area contributed by atoms with E-state index in [1.807, 2.05) is 18.2 Å². The monoisotopic (exact) mass is 368 g/mol. The molecule has 2 aromatic carbocycles. The topological polar surface area (TPSA) is 97.6 Å². The van der Waals surface area contributed by atoms with Crippen LogP contribution in [0.2, 0.25) is 0 Å². The van der Waals surface area contributed by atoms with Gasteiger partial charge in [-0.1, -0.05) is 6.07 Å². The molecule has 4 N–H and O–H groups in total. The van der Waals surface area contributed by atoms with Crippen molar-refractivity contribution in [2.75, 3.05) is 20.8 Å². The molecule has 0 atom stereocenters. The van der Waals surface area contributed by atoms with Gasteiger partial charge in [-0.25, -0.2) is 4.79 Å². The molecule has 6 heteroatoms. The third-order valence-corrected chi connectivity index (χ3v) is 4.71. The number of carboxylic acids is 1. The Kier molecular flexibility index (Phi) is 5.66. The number of ether oxygens (including phenoxy) is 2. The molecule has 0 aliphatic heterocycles. The summed E-state index contributed by atoms with van der Waals surface area (Å²) >= 11 is 0. The Morgan fingerprint density at radius 3 is 2.41 bits per heavy atom. The number of hydrogen-bond acceptors (Lipinski definition) is 4. The fourth-order valence-electron chi connectivity index (χ4n) is 3.40. The van der Waals surface area contributed by atoms with Crippen molar-refractivity contribution >= 4 is 16.9 Å². The lowest BCUT2D eigenvalue weighted by molar-refractivity contribution is 0.0697. The van der Waals surface area contributed by atoms with Crippen LogP contribution in [0.4, 0.5) is 0 Å². The maximum atomic E-state index is 11.4. The number of aryl methyl sites for hydroxylation is 1. The molecular formula is C21H24N2O4. The summed E-state index contributed by atoms with van der Waals surface area (Å²) in [6.45, 7) is 0.621. The number of aromatic amines is 1. The number of unbranched alkanes of at least 4 members (excludes halogenated alkanes) is 1. The Labute approximate surface area is 157 Å². The van der Waals surface area contributed by atoms with Crippen molar-refractivity contribution in [3.8, 4) is 22.8 Å². The van der Waals surface area contributed by atoms with Gasteiger partial charge in [0.1, 0.15) is 11.5 Å². The Bertz CT molecular complexity index is 940. The van der Waals surface area contributed by atoms with E-state index in [0.29, 0.717) is 18.0 Å². The first-order valence-electron chi connectivity index (χ1n) is 8.90. The molecule has 1 heterocycles. The van der Waals surface area contributed by atoms with Crippen molar-refractivity contribution in [1.82, 2.24) is 4.98 Å². The zero-order valence-electron chi connectivity index (χ0n) is 15.5.